The fourth-order valence-corrected chi connectivity index (χ4v) is 3.73. The van der Waals surface area contributed by atoms with Crippen LogP contribution < -0.4 is 9.47 Å². The van der Waals surface area contributed by atoms with Crippen LogP contribution in [0.15, 0.2) is 52.3 Å². The number of carboxylic acid groups (broad SMARTS) is 1. The Morgan fingerprint density at radius 2 is 2.03 bits per heavy atom. The number of imide groups is 1. The smallest absolute Gasteiger partial charge is 0.371 e. The summed E-state index contributed by atoms with van der Waals surface area (Å²) < 4.78 is 16.5. The minimum Gasteiger partial charge on any atom is -0.490 e. The summed E-state index contributed by atoms with van der Waals surface area (Å²) in [5.74, 6) is -0.460. The molecule has 2 heterocycles. The molecule has 0 saturated carbocycles. The van der Waals surface area contributed by atoms with Crippen molar-refractivity contribution in [2.75, 3.05) is 6.61 Å². The van der Waals surface area contributed by atoms with Crippen molar-refractivity contribution >= 4 is 35.0 Å². The van der Waals surface area contributed by atoms with Crippen molar-refractivity contribution in [1.29, 1.82) is 0 Å². The number of hydrogen-bond acceptors (Lipinski definition) is 7. The zero-order chi connectivity index (χ0) is 22.5. The molecule has 1 aliphatic heterocycles. The molecule has 1 N–H and O–H groups in total. The molecular formula is C22H21NO7S. The van der Waals surface area contributed by atoms with Crippen LogP contribution in [-0.4, -0.2) is 39.8 Å². The SMILES string of the molecule is C=CC(C)N1C(=O)SC(=Cc2ccc(OCc3ccc(C(=O)O)o3)c(OCC)c2)C1=O. The molecule has 0 bridgehead atoms. The molecule has 2 aromatic rings. The van der Waals surface area contributed by atoms with Crippen LogP contribution in [0, 0.1) is 0 Å². The van der Waals surface area contributed by atoms with Crippen LogP contribution in [0.4, 0.5) is 4.79 Å². The molecule has 9 heteroatoms. The highest BCUT2D eigenvalue weighted by Gasteiger charge is 2.37. The van der Waals surface area contributed by atoms with Crippen molar-refractivity contribution in [2.24, 2.45) is 0 Å². The summed E-state index contributed by atoms with van der Waals surface area (Å²) in [4.78, 5) is 37.1. The van der Waals surface area contributed by atoms with Crippen LogP contribution in [0.5, 0.6) is 11.5 Å². The minimum absolute atomic E-state index is 0.0189. The van der Waals surface area contributed by atoms with Crippen LogP contribution in [0.3, 0.4) is 0 Å². The lowest BCUT2D eigenvalue weighted by Crippen LogP contribution is -2.35. The molecule has 0 spiro atoms. The third kappa shape index (κ3) is 5.00. The van der Waals surface area contributed by atoms with E-state index < -0.39 is 12.0 Å². The fourth-order valence-electron chi connectivity index (χ4n) is 2.81. The molecule has 1 saturated heterocycles. The molecule has 8 nitrogen and oxygen atoms in total. The van der Waals surface area contributed by atoms with Gasteiger partial charge < -0.3 is 19.0 Å². The summed E-state index contributed by atoms with van der Waals surface area (Å²) in [5.41, 5.74) is 0.665. The lowest BCUT2D eigenvalue weighted by Gasteiger charge is -2.17. The van der Waals surface area contributed by atoms with Gasteiger partial charge in [-0.15, -0.1) is 6.58 Å². The average molecular weight is 443 g/mol. The average Bonchev–Trinajstić information content (AvgIpc) is 3.32. The van der Waals surface area contributed by atoms with Gasteiger partial charge in [0.2, 0.25) is 5.76 Å². The number of carbonyl (C=O) groups excluding carboxylic acids is 2. The van der Waals surface area contributed by atoms with Gasteiger partial charge in [0.1, 0.15) is 12.4 Å². The number of ether oxygens (including phenoxy) is 2. The first-order valence-electron chi connectivity index (χ1n) is 9.45. The second kappa shape index (κ2) is 9.57. The third-order valence-corrected chi connectivity index (χ3v) is 5.26. The van der Waals surface area contributed by atoms with E-state index in [1.165, 1.54) is 23.1 Å². The maximum absolute atomic E-state index is 12.6. The van der Waals surface area contributed by atoms with E-state index in [4.69, 9.17) is 19.0 Å². The first-order chi connectivity index (χ1) is 14.8. The van der Waals surface area contributed by atoms with Gasteiger partial charge >= 0.3 is 5.97 Å². The van der Waals surface area contributed by atoms with E-state index in [0.29, 0.717) is 34.3 Å². The number of hydrogen-bond donors (Lipinski definition) is 1. The Morgan fingerprint density at radius 1 is 1.26 bits per heavy atom. The number of furan rings is 1. The number of thioether (sulfide) groups is 1. The van der Waals surface area contributed by atoms with Gasteiger partial charge in [0, 0.05) is 0 Å². The van der Waals surface area contributed by atoms with Crippen molar-refractivity contribution in [3.05, 3.63) is 65.0 Å². The standard InChI is InChI=1S/C22H21NO7S/c1-4-13(3)23-20(24)19(31-22(23)27)11-14-6-8-16(18(10-14)28-5-2)29-12-15-7-9-17(30-15)21(25)26/h4,6-11,13H,1,5,12H2,2-3H3,(H,25,26). The lowest BCUT2D eigenvalue weighted by molar-refractivity contribution is -0.123. The topological polar surface area (TPSA) is 106 Å². The molecule has 0 aliphatic carbocycles. The Kier molecular flexibility index (Phi) is 6.86. The quantitative estimate of drug-likeness (QED) is 0.444. The Balaban J connectivity index is 1.79. The number of benzene rings is 1. The van der Waals surface area contributed by atoms with Gasteiger partial charge in [-0.1, -0.05) is 12.1 Å². The van der Waals surface area contributed by atoms with Crippen molar-refractivity contribution in [1.82, 2.24) is 4.90 Å². The zero-order valence-electron chi connectivity index (χ0n) is 17.0. The van der Waals surface area contributed by atoms with Gasteiger partial charge in [-0.05, 0) is 61.5 Å². The largest absolute Gasteiger partial charge is 0.490 e. The zero-order valence-corrected chi connectivity index (χ0v) is 17.8. The number of carbonyl (C=O) groups is 3. The molecule has 1 unspecified atom stereocenters. The highest BCUT2D eigenvalue weighted by Crippen LogP contribution is 2.36. The van der Waals surface area contributed by atoms with Crippen molar-refractivity contribution < 1.29 is 33.4 Å². The van der Waals surface area contributed by atoms with Crippen LogP contribution in [0.2, 0.25) is 0 Å². The summed E-state index contributed by atoms with van der Waals surface area (Å²) in [6.07, 6.45) is 3.16. The Bertz CT molecular complexity index is 1060. The molecule has 1 aliphatic rings. The second-order valence-electron chi connectivity index (χ2n) is 6.53. The Hall–Kier alpha value is -3.46. The second-order valence-corrected chi connectivity index (χ2v) is 7.52. The van der Waals surface area contributed by atoms with Gasteiger partial charge in [0.05, 0.1) is 17.6 Å². The maximum atomic E-state index is 12.6. The number of carboxylic acids is 1. The van der Waals surface area contributed by atoms with Gasteiger partial charge in [0.15, 0.2) is 11.5 Å². The summed E-state index contributed by atoms with van der Waals surface area (Å²) >= 11 is 0.874. The number of amides is 2. The molecule has 162 valence electrons. The van der Waals surface area contributed by atoms with Gasteiger partial charge in [-0.2, -0.15) is 0 Å². The number of aromatic carboxylic acids is 1. The molecule has 0 radical (unpaired) electrons. The molecule has 3 rings (SSSR count). The summed E-state index contributed by atoms with van der Waals surface area (Å²) in [5, 5.41) is 8.59. The monoisotopic (exact) mass is 443 g/mol. The van der Waals surface area contributed by atoms with Crippen LogP contribution in [0.25, 0.3) is 6.08 Å². The van der Waals surface area contributed by atoms with Gasteiger partial charge in [-0.25, -0.2) is 4.79 Å². The van der Waals surface area contributed by atoms with Gasteiger partial charge in [0.25, 0.3) is 11.1 Å². The normalized spacial score (nSPS) is 15.9. The Labute approximate surface area is 183 Å². The molecule has 2 amide bonds. The molecule has 1 atom stereocenters. The van der Waals surface area contributed by atoms with E-state index >= 15 is 0 Å². The Morgan fingerprint density at radius 3 is 2.68 bits per heavy atom. The van der Waals surface area contributed by atoms with E-state index in [1.807, 2.05) is 6.92 Å². The highest BCUT2D eigenvalue weighted by molar-refractivity contribution is 8.18. The summed E-state index contributed by atoms with van der Waals surface area (Å²) in [6, 6.07) is 7.60. The molecule has 1 aromatic carbocycles. The van der Waals surface area contributed by atoms with Crippen molar-refractivity contribution in [2.45, 2.75) is 26.5 Å². The summed E-state index contributed by atoms with van der Waals surface area (Å²) in [6.45, 7) is 7.59. The fraction of sp³-hybridized carbons (Fsp3) is 0.227. The third-order valence-electron chi connectivity index (χ3n) is 4.38. The number of nitrogens with zero attached hydrogens (tertiary/aromatic N) is 1. The van der Waals surface area contributed by atoms with Gasteiger partial charge in [-0.3, -0.25) is 14.5 Å². The van der Waals surface area contributed by atoms with Crippen molar-refractivity contribution in [3.8, 4) is 11.5 Å². The minimum atomic E-state index is -1.16. The van der Waals surface area contributed by atoms with E-state index in [9.17, 15) is 14.4 Å². The first-order valence-corrected chi connectivity index (χ1v) is 10.3. The predicted octanol–water partition coefficient (Wildman–Crippen LogP) is 4.57. The van der Waals surface area contributed by atoms with E-state index in [1.54, 1.807) is 31.2 Å². The lowest BCUT2D eigenvalue weighted by atomic mass is 10.1. The predicted molar refractivity (Wildman–Crippen MR) is 115 cm³/mol. The maximum Gasteiger partial charge on any atom is 0.371 e. The number of rotatable bonds is 9. The first kappa shape index (κ1) is 22.2. The summed E-state index contributed by atoms with van der Waals surface area (Å²) in [7, 11) is 0. The molecule has 31 heavy (non-hydrogen) atoms. The highest BCUT2D eigenvalue weighted by atomic mass is 32.2. The molecule has 1 aromatic heterocycles. The van der Waals surface area contributed by atoms with Crippen LogP contribution in [0.1, 0.15) is 35.7 Å². The molecular weight excluding hydrogens is 422 g/mol. The van der Waals surface area contributed by atoms with Crippen LogP contribution >= 0.6 is 11.8 Å². The van der Waals surface area contributed by atoms with E-state index in [2.05, 4.69) is 6.58 Å². The van der Waals surface area contributed by atoms with Crippen LogP contribution in [-0.2, 0) is 11.4 Å². The van der Waals surface area contributed by atoms with E-state index in [-0.39, 0.29) is 23.5 Å². The van der Waals surface area contributed by atoms with E-state index in [0.717, 1.165) is 11.8 Å². The van der Waals surface area contributed by atoms with Crippen molar-refractivity contribution in [3.63, 3.8) is 0 Å². The molecule has 1 fully saturated rings.